The third-order valence-electron chi connectivity index (χ3n) is 14.0. The lowest BCUT2D eigenvalue weighted by Gasteiger charge is -2.60. The van der Waals surface area contributed by atoms with Crippen LogP contribution in [0.25, 0.3) is 0 Å². The summed E-state index contributed by atoms with van der Waals surface area (Å²) in [6.07, 6.45) is 14.8. The van der Waals surface area contributed by atoms with E-state index in [0.717, 1.165) is 67.4 Å². The van der Waals surface area contributed by atoms with Crippen LogP contribution in [0.3, 0.4) is 0 Å². The molecule has 11 nitrogen and oxygen atoms in total. The molecule has 2 saturated carbocycles. The van der Waals surface area contributed by atoms with Crippen LogP contribution in [0.15, 0.2) is 90.1 Å². The van der Waals surface area contributed by atoms with Crippen LogP contribution < -0.4 is 18.9 Å². The van der Waals surface area contributed by atoms with E-state index < -0.39 is 17.7 Å². The number of carbonyl (C=O) groups is 1. The standard InChI is InChI=1S/C52H65FN2O9/c1-3-27-62-52-48(55(49(58)24-20-35-13-5-6-14-35)32-36-19-22-46-47(28-36)61-34-60-46)31-44(54-63-4-2)41-29-37(15-9-11-25-56)40(17-10-12-26-57)50(51(41)52)42-30-39(21-23-45(42)64-52)59-33-38-16-7-8-18-43(38)53/h3,7-8,16,18-19,21-23,28-30,35,37,40,48,50-51,56-57H,1,4-6,9-15,17,20,24-27,31-34H2,2H3/t37-,40+,48-,50+,51+,52+/m0/s1. The molecule has 12 heteroatoms. The molecule has 344 valence electrons. The van der Waals surface area contributed by atoms with Gasteiger partial charge in [0.1, 0.15) is 36.6 Å². The first kappa shape index (κ1) is 45.7. The Morgan fingerprint density at radius 2 is 1.75 bits per heavy atom. The quantitative estimate of drug-likeness (QED) is 0.0576. The number of hydrogen-bond acceptors (Lipinski definition) is 10. The van der Waals surface area contributed by atoms with E-state index in [0.29, 0.717) is 66.8 Å². The van der Waals surface area contributed by atoms with Crippen LogP contribution in [-0.2, 0) is 27.5 Å². The lowest BCUT2D eigenvalue weighted by atomic mass is 9.55. The molecule has 3 aromatic rings. The van der Waals surface area contributed by atoms with Crippen LogP contribution in [0.4, 0.5) is 4.39 Å². The highest BCUT2D eigenvalue weighted by Crippen LogP contribution is 2.62. The normalized spacial score (nSPS) is 25.0. The van der Waals surface area contributed by atoms with E-state index in [1.807, 2.05) is 48.2 Å². The van der Waals surface area contributed by atoms with E-state index in [4.69, 9.17) is 33.7 Å². The zero-order chi connectivity index (χ0) is 44.5. The highest BCUT2D eigenvalue weighted by Gasteiger charge is 2.65. The summed E-state index contributed by atoms with van der Waals surface area (Å²) in [6.45, 7) is 7.17. The highest BCUT2D eigenvalue weighted by atomic mass is 19.1. The van der Waals surface area contributed by atoms with E-state index in [1.54, 1.807) is 24.3 Å². The third kappa shape index (κ3) is 9.84. The molecule has 6 atom stereocenters. The van der Waals surface area contributed by atoms with E-state index in [1.165, 1.54) is 18.9 Å². The number of benzene rings is 3. The van der Waals surface area contributed by atoms with Crippen molar-refractivity contribution in [3.05, 3.63) is 107 Å². The number of unbranched alkanes of at least 4 members (excludes halogenated alkanes) is 2. The maximum Gasteiger partial charge on any atom is 0.239 e. The van der Waals surface area contributed by atoms with E-state index in [2.05, 4.69) is 12.7 Å². The Bertz CT molecular complexity index is 2140. The summed E-state index contributed by atoms with van der Waals surface area (Å²) >= 11 is 0. The van der Waals surface area contributed by atoms with Crippen molar-refractivity contribution in [3.63, 3.8) is 0 Å². The van der Waals surface area contributed by atoms with Gasteiger partial charge in [-0.2, -0.15) is 0 Å². The minimum atomic E-state index is -1.40. The SMILES string of the molecule is C=CCO[C@@]12Oc3ccc(OCc4ccccc4F)cc3[C@H]3[C@H](CCCCO)[C@@H](CCCCO)C=C(C(=NOCC)C[C@@H]1N(Cc1ccc4c(c1)OCO4)C(=O)CCC1CCCC1)[C@H]32. The third-order valence-corrected chi connectivity index (χ3v) is 14.0. The second-order valence-electron chi connectivity index (χ2n) is 18.0. The lowest BCUT2D eigenvalue weighted by Crippen LogP contribution is -2.70. The fourth-order valence-electron chi connectivity index (χ4n) is 11.0. The molecule has 0 saturated heterocycles. The average Bonchev–Trinajstić information content (AvgIpc) is 4.02. The number of aliphatic hydroxyl groups is 2. The first-order valence-corrected chi connectivity index (χ1v) is 23.6. The molecular weight excluding hydrogens is 816 g/mol. The Balaban J connectivity index is 1.29. The van der Waals surface area contributed by atoms with Gasteiger partial charge < -0.3 is 43.6 Å². The molecule has 0 spiro atoms. The first-order valence-electron chi connectivity index (χ1n) is 23.6. The predicted molar refractivity (Wildman–Crippen MR) is 242 cm³/mol. The molecule has 0 aromatic heterocycles. The number of allylic oxidation sites excluding steroid dienone is 1. The number of carbonyl (C=O) groups excluding carboxylic acids is 1. The lowest BCUT2D eigenvalue weighted by molar-refractivity contribution is -0.258. The van der Waals surface area contributed by atoms with Gasteiger partial charge in [0.15, 0.2) is 11.5 Å². The number of rotatable bonds is 22. The fraction of sp³-hybridized carbons (Fsp3) is 0.538. The minimum Gasteiger partial charge on any atom is -0.489 e. The number of oxime groups is 1. The number of amides is 1. The molecule has 0 radical (unpaired) electrons. The number of aliphatic hydroxyl groups excluding tert-OH is 2. The zero-order valence-electron chi connectivity index (χ0n) is 37.3. The van der Waals surface area contributed by atoms with Crippen molar-refractivity contribution in [2.75, 3.05) is 33.2 Å². The van der Waals surface area contributed by atoms with E-state index >= 15 is 4.79 Å². The highest BCUT2D eigenvalue weighted by molar-refractivity contribution is 6.03. The van der Waals surface area contributed by atoms with Gasteiger partial charge in [0, 0.05) is 49.6 Å². The smallest absolute Gasteiger partial charge is 0.239 e. The molecule has 64 heavy (non-hydrogen) atoms. The van der Waals surface area contributed by atoms with Crippen molar-refractivity contribution in [2.45, 2.75) is 121 Å². The van der Waals surface area contributed by atoms with Gasteiger partial charge in [0.25, 0.3) is 0 Å². The Morgan fingerprint density at radius 1 is 0.969 bits per heavy atom. The first-order chi connectivity index (χ1) is 31.4. The van der Waals surface area contributed by atoms with E-state index in [9.17, 15) is 14.6 Å². The Labute approximate surface area is 377 Å². The molecule has 0 unspecified atom stereocenters. The van der Waals surface area contributed by atoms with Crippen molar-refractivity contribution in [1.29, 1.82) is 0 Å². The molecule has 2 heterocycles. The van der Waals surface area contributed by atoms with Crippen molar-refractivity contribution in [3.8, 4) is 23.0 Å². The molecule has 2 aliphatic heterocycles. The zero-order valence-corrected chi connectivity index (χ0v) is 37.3. The van der Waals surface area contributed by atoms with Crippen LogP contribution in [0.2, 0.25) is 0 Å². The molecular formula is C52H65FN2O9. The summed E-state index contributed by atoms with van der Waals surface area (Å²) in [5.41, 5.74) is 4.00. The van der Waals surface area contributed by atoms with Crippen molar-refractivity contribution < 1.29 is 47.9 Å². The summed E-state index contributed by atoms with van der Waals surface area (Å²) in [5.74, 6) is 0.743. The Morgan fingerprint density at radius 3 is 2.53 bits per heavy atom. The summed E-state index contributed by atoms with van der Waals surface area (Å²) in [4.78, 5) is 23.1. The molecule has 2 N–H and O–H groups in total. The van der Waals surface area contributed by atoms with Gasteiger partial charge >= 0.3 is 0 Å². The second-order valence-corrected chi connectivity index (χ2v) is 18.0. The molecule has 1 amide bonds. The Kier molecular flexibility index (Phi) is 15.3. The summed E-state index contributed by atoms with van der Waals surface area (Å²) in [5, 5.41) is 24.8. The van der Waals surface area contributed by atoms with Crippen molar-refractivity contribution >= 4 is 11.6 Å². The summed E-state index contributed by atoms with van der Waals surface area (Å²) < 4.78 is 47.3. The molecule has 2 fully saturated rings. The van der Waals surface area contributed by atoms with Crippen LogP contribution >= 0.6 is 0 Å². The predicted octanol–water partition coefficient (Wildman–Crippen LogP) is 9.79. The number of halogens is 1. The van der Waals surface area contributed by atoms with Gasteiger partial charge in [-0.15, -0.1) is 6.58 Å². The number of nitrogens with zero attached hydrogens (tertiary/aromatic N) is 2. The van der Waals surface area contributed by atoms with Gasteiger partial charge in [-0.05, 0) is 104 Å². The number of fused-ring (bicyclic) bond motifs is 3. The molecule has 8 rings (SSSR count). The minimum absolute atomic E-state index is 0.0133. The molecule has 0 bridgehead atoms. The fourth-order valence-corrected chi connectivity index (χ4v) is 11.0. The maximum atomic E-state index is 15.2. The van der Waals surface area contributed by atoms with Gasteiger partial charge in [0.2, 0.25) is 18.5 Å². The number of ether oxygens (including phenoxy) is 5. The van der Waals surface area contributed by atoms with Crippen LogP contribution in [-0.4, -0.2) is 71.8 Å². The molecule has 3 aromatic carbocycles. The Hall–Kier alpha value is -4.91. The van der Waals surface area contributed by atoms with Gasteiger partial charge in [-0.3, -0.25) is 4.79 Å². The van der Waals surface area contributed by atoms with Gasteiger partial charge in [-0.1, -0.05) is 80.1 Å². The van der Waals surface area contributed by atoms with Crippen LogP contribution in [0.1, 0.15) is 113 Å². The topological polar surface area (TPSA) is 129 Å². The van der Waals surface area contributed by atoms with Crippen molar-refractivity contribution in [1.82, 2.24) is 4.90 Å². The summed E-state index contributed by atoms with van der Waals surface area (Å²) in [7, 11) is 0. The molecule has 3 aliphatic carbocycles. The maximum absolute atomic E-state index is 15.2. The van der Waals surface area contributed by atoms with Gasteiger partial charge in [0.05, 0.1) is 18.2 Å². The van der Waals surface area contributed by atoms with Gasteiger partial charge in [-0.25, -0.2) is 4.39 Å². The second kappa shape index (κ2) is 21.4. The summed E-state index contributed by atoms with van der Waals surface area (Å²) in [6, 6.07) is 17.6. The number of hydrogen-bond donors (Lipinski definition) is 2. The average molecular weight is 881 g/mol. The van der Waals surface area contributed by atoms with Crippen molar-refractivity contribution in [2.24, 2.45) is 28.8 Å². The molecule has 5 aliphatic rings. The van der Waals surface area contributed by atoms with Crippen LogP contribution in [0, 0.1) is 29.5 Å². The monoisotopic (exact) mass is 880 g/mol. The largest absolute Gasteiger partial charge is 0.489 e. The van der Waals surface area contributed by atoms with E-state index in [-0.39, 0.29) is 69.2 Å². The van der Waals surface area contributed by atoms with Crippen LogP contribution in [0.5, 0.6) is 23.0 Å².